The zero-order chi connectivity index (χ0) is 71.8. The average molecular weight is 1370 g/mol. The lowest BCUT2D eigenvalue weighted by Gasteiger charge is -2.68. The fourth-order valence-corrected chi connectivity index (χ4v) is 14.0. The number of aliphatic hydroxyl groups is 3. The zero-order valence-corrected chi connectivity index (χ0v) is 56.6. The van der Waals surface area contributed by atoms with Gasteiger partial charge in [-0.1, -0.05) is 111 Å². The van der Waals surface area contributed by atoms with Crippen LogP contribution in [-0.2, 0) is 82.7 Å². The maximum absolute atomic E-state index is 15.9. The van der Waals surface area contributed by atoms with Crippen LogP contribution in [0.5, 0.6) is 0 Å². The van der Waals surface area contributed by atoms with Crippen LogP contribution in [0, 0.1) is 29.1 Å². The molecule has 25 heteroatoms. The number of hydrogen-bond acceptors (Lipinski definition) is 21. The summed E-state index contributed by atoms with van der Waals surface area (Å²) < 4.78 is 48.1. The smallest absolute Gasteiger partial charge is 0.350 e. The molecule has 3 fully saturated rings. The highest BCUT2D eigenvalue weighted by Crippen LogP contribution is 2.64. The zero-order valence-electron chi connectivity index (χ0n) is 56.6. The van der Waals surface area contributed by atoms with Gasteiger partial charge in [0.25, 0.3) is 5.91 Å². The number of benzene rings is 4. The number of ketones is 1. The van der Waals surface area contributed by atoms with Crippen LogP contribution < -0.4 is 21.3 Å². The Labute approximate surface area is 574 Å². The van der Waals surface area contributed by atoms with Gasteiger partial charge >= 0.3 is 29.8 Å². The second kappa shape index (κ2) is 33.6. The Bertz CT molecular complexity index is 3620. The van der Waals surface area contributed by atoms with Crippen molar-refractivity contribution in [2.24, 2.45) is 16.7 Å². The Morgan fingerprint density at radius 3 is 2.01 bits per heavy atom. The first kappa shape index (κ1) is 75.6. The standard InChI is InChI=1S/C74H88N4O21/c1-9-11-16-36-56(82)76-52(38-47-27-17-12-18-28-47)67(87)77-51(69(89)93-10-2)35-25-26-37-75-57(83)41-92-42-58(84)97-62(60(48-29-19-13-20-30-48)78-66(86)49-31-21-14-22-32-49)70(90)96-53-40-74(91)65(98-68(88)50-33-23-15-24-34-50)63-72(8,54(81)39-55-73(63,43-94-55)99-46(5)80)64(85)61(95-45(4)79)59(44(53)3)71(74,6)7/h1,12-15,17-24,27-34,46,51-55,60-63,65,80-81,91H,10-11,16,25-26,35-43H2,2-8H3,(H,75,83)(H,76,82)(H,77,87)(H,78,86)/t46?,51-,52+,53-,54-,55+,60?,61+,62+,63-,65-,72+,73-,74+/m0/s1. The maximum Gasteiger partial charge on any atom is 0.350 e. The Morgan fingerprint density at radius 1 is 0.768 bits per heavy atom. The maximum atomic E-state index is 15.9. The number of nitrogens with one attached hydrogen (secondary N) is 4. The molecule has 1 saturated heterocycles. The minimum Gasteiger partial charge on any atom is -0.464 e. The quantitative estimate of drug-likeness (QED) is 0.00874. The molecular formula is C74H88N4O21. The van der Waals surface area contributed by atoms with Gasteiger partial charge < -0.3 is 74.5 Å². The summed E-state index contributed by atoms with van der Waals surface area (Å²) in [5.41, 5.74) is -7.14. The van der Waals surface area contributed by atoms with E-state index < -0.39 is 162 Å². The molecule has 8 rings (SSSR count). The van der Waals surface area contributed by atoms with Crippen molar-refractivity contribution < 1.29 is 101 Å². The van der Waals surface area contributed by atoms with E-state index in [4.69, 9.17) is 44.3 Å². The van der Waals surface area contributed by atoms with Crippen LogP contribution in [0.4, 0.5) is 0 Å². The third-order valence-corrected chi connectivity index (χ3v) is 19.0. The molecule has 2 bridgehead atoms. The van der Waals surface area contributed by atoms with Gasteiger partial charge in [0.15, 0.2) is 18.2 Å². The first-order valence-electron chi connectivity index (χ1n) is 33.2. The molecular weight excluding hydrogens is 1280 g/mol. The van der Waals surface area contributed by atoms with Crippen LogP contribution in [-0.4, -0.2) is 174 Å². The molecule has 4 aromatic carbocycles. The average Bonchev–Trinajstić information content (AvgIpc) is 0.670. The molecule has 1 aliphatic heterocycles. The van der Waals surface area contributed by atoms with Crippen molar-refractivity contribution >= 4 is 59.3 Å². The van der Waals surface area contributed by atoms with Gasteiger partial charge in [-0.2, -0.15) is 0 Å². The summed E-state index contributed by atoms with van der Waals surface area (Å²) in [5.74, 6) is -7.67. The highest BCUT2D eigenvalue weighted by Gasteiger charge is 2.78. The molecule has 3 aliphatic carbocycles. The summed E-state index contributed by atoms with van der Waals surface area (Å²) in [6.07, 6.45) is -5.80. The molecule has 2 saturated carbocycles. The molecule has 25 nitrogen and oxygen atoms in total. The van der Waals surface area contributed by atoms with E-state index in [1.165, 1.54) is 58.9 Å². The molecule has 4 amide bonds. The van der Waals surface area contributed by atoms with Crippen LogP contribution in [0.15, 0.2) is 132 Å². The largest absolute Gasteiger partial charge is 0.464 e. The second-order valence-corrected chi connectivity index (χ2v) is 26.0. The summed E-state index contributed by atoms with van der Waals surface area (Å²) in [5, 5.41) is 48.5. The molecule has 0 radical (unpaired) electrons. The van der Waals surface area contributed by atoms with Crippen molar-refractivity contribution in [1.82, 2.24) is 21.3 Å². The monoisotopic (exact) mass is 1370 g/mol. The number of ether oxygens (including phenoxy) is 8. The van der Waals surface area contributed by atoms with Gasteiger partial charge in [-0.3, -0.25) is 28.8 Å². The topological polar surface area (TPSA) is 353 Å². The van der Waals surface area contributed by atoms with Crippen LogP contribution in [0.25, 0.3) is 0 Å². The summed E-state index contributed by atoms with van der Waals surface area (Å²) in [7, 11) is 0. The van der Waals surface area contributed by atoms with Gasteiger partial charge in [-0.15, -0.1) is 12.3 Å². The highest BCUT2D eigenvalue weighted by molar-refractivity contribution is 5.97. The van der Waals surface area contributed by atoms with E-state index in [2.05, 4.69) is 27.2 Å². The Kier molecular flexibility index (Phi) is 25.7. The van der Waals surface area contributed by atoms with E-state index >= 15 is 9.59 Å². The number of unbranched alkanes of at least 4 members (excludes halogenated alkanes) is 2. The fourth-order valence-electron chi connectivity index (χ4n) is 14.0. The molecule has 7 N–H and O–H groups in total. The van der Waals surface area contributed by atoms with Crippen LogP contribution in [0.2, 0.25) is 0 Å². The third kappa shape index (κ3) is 17.5. The van der Waals surface area contributed by atoms with Gasteiger partial charge in [-0.25, -0.2) is 19.2 Å². The number of hydrogen-bond donors (Lipinski definition) is 7. The van der Waals surface area contributed by atoms with E-state index in [0.29, 0.717) is 25.7 Å². The van der Waals surface area contributed by atoms with Gasteiger partial charge in [0.2, 0.25) is 23.8 Å². The number of Topliss-reactive ketones (excluding diaryl/α,β-unsaturated/α-hetero) is 1. The predicted molar refractivity (Wildman–Crippen MR) is 354 cm³/mol. The van der Waals surface area contributed by atoms with Crippen LogP contribution in [0.1, 0.15) is 138 Å². The molecule has 4 aromatic rings. The highest BCUT2D eigenvalue weighted by atomic mass is 16.7. The summed E-state index contributed by atoms with van der Waals surface area (Å²) >= 11 is 0. The van der Waals surface area contributed by atoms with E-state index in [0.717, 1.165) is 12.5 Å². The number of carbonyl (C=O) groups is 10. The van der Waals surface area contributed by atoms with Gasteiger partial charge in [-0.05, 0) is 99.9 Å². The second-order valence-electron chi connectivity index (χ2n) is 26.0. The van der Waals surface area contributed by atoms with Crippen molar-refractivity contribution in [3.8, 4) is 12.3 Å². The van der Waals surface area contributed by atoms with E-state index in [9.17, 15) is 53.7 Å². The predicted octanol–water partition coefficient (Wildman–Crippen LogP) is 4.96. The minimum atomic E-state index is -2.53. The molecule has 1 heterocycles. The van der Waals surface area contributed by atoms with Gasteiger partial charge in [0.1, 0.15) is 54.7 Å². The van der Waals surface area contributed by atoms with Crippen molar-refractivity contribution in [3.05, 3.63) is 155 Å². The molecule has 99 heavy (non-hydrogen) atoms. The first-order chi connectivity index (χ1) is 47.2. The fraction of sp³-hybridized carbons (Fsp3) is 0.486. The normalized spacial score (nSPS) is 25.0. The number of amides is 4. The molecule has 2 unspecified atom stereocenters. The number of aliphatic hydroxyl groups excluding tert-OH is 2. The van der Waals surface area contributed by atoms with Crippen molar-refractivity contribution in [1.29, 1.82) is 0 Å². The molecule has 530 valence electrons. The van der Waals surface area contributed by atoms with Crippen LogP contribution in [0.3, 0.4) is 0 Å². The lowest BCUT2D eigenvalue weighted by Crippen LogP contribution is -2.82. The Hall–Kier alpha value is -9.16. The minimum absolute atomic E-state index is 0.0145. The third-order valence-electron chi connectivity index (χ3n) is 19.0. The van der Waals surface area contributed by atoms with Gasteiger partial charge in [0, 0.05) is 62.5 Å². The Morgan fingerprint density at radius 2 is 1.40 bits per heavy atom. The number of carbonyl (C=O) groups excluding carboxylic acids is 10. The van der Waals surface area contributed by atoms with Crippen molar-refractivity contribution in [3.63, 3.8) is 0 Å². The number of esters is 5. The van der Waals surface area contributed by atoms with E-state index in [1.807, 2.05) is 6.07 Å². The molecule has 14 atom stereocenters. The van der Waals surface area contributed by atoms with E-state index in [1.54, 1.807) is 97.9 Å². The first-order valence-corrected chi connectivity index (χ1v) is 33.2. The van der Waals surface area contributed by atoms with Gasteiger partial charge in [0.05, 0.1) is 36.4 Å². The Balaban J connectivity index is 1.04. The lowest BCUT2D eigenvalue weighted by atomic mass is 9.44. The molecule has 4 aliphatic rings. The SMILES string of the molecule is C#CCCCC(=O)N[C@H](Cc1ccccc1)C(=O)N[C@@H](CCCCNC(=O)COCC(=O)O[C@@H](C(=O)O[C@H]1C[C@@]2(O)[C@@H](OC(=O)c3ccccc3)[C@@H]3[C@]4(OC(C)O)CO[C@@H]4C[C@H](O)[C@@]3(C)C(=O)[C@H](OC(C)=O)C(=C1C)C2(C)C)C(NC(=O)c1ccccc1)c1ccccc1)C(=O)OCC. The summed E-state index contributed by atoms with van der Waals surface area (Å²) in [4.78, 5) is 141. The lowest BCUT2D eigenvalue weighted by molar-refractivity contribution is -0.380. The summed E-state index contributed by atoms with van der Waals surface area (Å²) in [6.45, 7) is 7.98. The molecule has 0 aromatic heterocycles. The number of rotatable bonds is 31. The van der Waals surface area contributed by atoms with E-state index in [-0.39, 0.29) is 79.2 Å². The summed E-state index contributed by atoms with van der Waals surface area (Å²) in [6, 6.07) is 28.9. The number of fused-ring (bicyclic) bond motifs is 5. The molecule has 0 spiro atoms. The number of terminal acetylenes is 1. The van der Waals surface area contributed by atoms with Crippen molar-refractivity contribution in [2.75, 3.05) is 33.0 Å². The van der Waals surface area contributed by atoms with Crippen molar-refractivity contribution in [2.45, 2.75) is 178 Å². The van der Waals surface area contributed by atoms with Crippen LogP contribution >= 0.6 is 0 Å².